The lowest BCUT2D eigenvalue weighted by atomic mass is 9.84. The van der Waals surface area contributed by atoms with Gasteiger partial charge in [0.1, 0.15) is 0 Å². The summed E-state index contributed by atoms with van der Waals surface area (Å²) in [6, 6.07) is 66.7. The van der Waals surface area contributed by atoms with Gasteiger partial charge in [0.25, 0.3) is 0 Å². The molecule has 0 saturated heterocycles. The van der Waals surface area contributed by atoms with E-state index < -0.39 is 0 Å². The van der Waals surface area contributed by atoms with Gasteiger partial charge in [-0.05, 0) is 58.1 Å². The molecule has 11 aromatic rings. The van der Waals surface area contributed by atoms with Gasteiger partial charge in [-0.2, -0.15) is 0 Å². The summed E-state index contributed by atoms with van der Waals surface area (Å²) in [4.78, 5) is 16.3. The lowest BCUT2D eigenvalue weighted by Gasteiger charge is -2.20. The Hall–Kier alpha value is -6.79. The maximum absolute atomic E-state index is 5.45. The second-order valence-corrected chi connectivity index (χ2v) is 16.0. The van der Waals surface area contributed by atoms with Gasteiger partial charge in [0.15, 0.2) is 17.5 Å². The van der Waals surface area contributed by atoms with Crippen LogP contribution in [0.1, 0.15) is 0 Å². The normalized spacial score (nSPS) is 11.6. The topological polar surface area (TPSA) is 38.7 Å². The molecule has 0 N–H and O–H groups in total. The Morgan fingerprint density at radius 3 is 1.14 bits per heavy atom. The first-order valence-electron chi connectivity index (χ1n) is 18.7. The van der Waals surface area contributed by atoms with E-state index in [4.69, 9.17) is 15.0 Å². The van der Waals surface area contributed by atoms with Crippen molar-refractivity contribution in [2.75, 3.05) is 0 Å². The van der Waals surface area contributed by atoms with Crippen LogP contribution in [0, 0.1) is 0 Å². The molecule has 0 aliphatic heterocycles. The molecule has 0 bridgehead atoms. The fourth-order valence-corrected chi connectivity index (χ4v) is 10.5. The predicted molar refractivity (Wildman–Crippen MR) is 238 cm³/mol. The molecule has 3 nitrogen and oxygen atoms in total. The molecule has 0 aliphatic rings. The zero-order valence-corrected chi connectivity index (χ0v) is 31.7. The van der Waals surface area contributed by atoms with E-state index >= 15 is 0 Å². The molecule has 56 heavy (non-hydrogen) atoms. The molecule has 5 heteroatoms. The van der Waals surface area contributed by atoms with Crippen LogP contribution >= 0.6 is 22.7 Å². The largest absolute Gasteiger partial charge is 0.208 e. The zero-order chi connectivity index (χ0) is 37.0. The first kappa shape index (κ1) is 32.6. The van der Waals surface area contributed by atoms with E-state index in [-0.39, 0.29) is 0 Å². The van der Waals surface area contributed by atoms with E-state index in [9.17, 15) is 0 Å². The third-order valence-corrected chi connectivity index (χ3v) is 13.0. The van der Waals surface area contributed by atoms with Crippen molar-refractivity contribution in [2.45, 2.75) is 0 Å². The van der Waals surface area contributed by atoms with Crippen LogP contribution in [0.4, 0.5) is 0 Å². The summed E-state index contributed by atoms with van der Waals surface area (Å²) in [6.07, 6.45) is 0. The first-order chi connectivity index (χ1) is 27.8. The average molecular weight is 750 g/mol. The van der Waals surface area contributed by atoms with Crippen LogP contribution in [0.2, 0.25) is 0 Å². The van der Waals surface area contributed by atoms with Crippen LogP contribution in [-0.4, -0.2) is 15.0 Å². The minimum absolute atomic E-state index is 0.636. The number of benzene rings is 8. The van der Waals surface area contributed by atoms with E-state index in [1.165, 1.54) is 40.3 Å². The molecule has 0 saturated carbocycles. The van der Waals surface area contributed by atoms with Gasteiger partial charge in [0.2, 0.25) is 0 Å². The maximum atomic E-state index is 5.45. The summed E-state index contributed by atoms with van der Waals surface area (Å²) in [5, 5.41) is 4.91. The molecule has 0 atom stereocenters. The van der Waals surface area contributed by atoms with Gasteiger partial charge in [-0.25, -0.2) is 15.0 Å². The van der Waals surface area contributed by atoms with Crippen LogP contribution in [0.5, 0.6) is 0 Å². The number of rotatable bonds is 6. The van der Waals surface area contributed by atoms with Gasteiger partial charge in [-0.15, -0.1) is 22.7 Å². The molecule has 0 unspecified atom stereocenters. The Morgan fingerprint density at radius 1 is 0.268 bits per heavy atom. The van der Waals surface area contributed by atoms with Crippen LogP contribution in [0.25, 0.3) is 108 Å². The summed E-state index contributed by atoms with van der Waals surface area (Å²) in [6.45, 7) is 0. The number of hydrogen-bond acceptors (Lipinski definition) is 5. The van der Waals surface area contributed by atoms with Crippen molar-refractivity contribution < 1.29 is 0 Å². The molecule has 262 valence electrons. The van der Waals surface area contributed by atoms with Crippen LogP contribution in [0.3, 0.4) is 0 Å². The van der Waals surface area contributed by atoms with Gasteiger partial charge in [-0.3, -0.25) is 0 Å². The monoisotopic (exact) mass is 749 g/mol. The predicted octanol–water partition coefficient (Wildman–Crippen LogP) is 14.6. The Morgan fingerprint density at radius 2 is 0.643 bits per heavy atom. The molecule has 0 amide bonds. The van der Waals surface area contributed by atoms with Gasteiger partial charge >= 0.3 is 0 Å². The van der Waals surface area contributed by atoms with Gasteiger partial charge in [0.05, 0.1) is 0 Å². The number of aromatic nitrogens is 3. The van der Waals surface area contributed by atoms with Crippen LogP contribution < -0.4 is 0 Å². The Kier molecular flexibility index (Phi) is 7.87. The third kappa shape index (κ3) is 5.43. The third-order valence-electron chi connectivity index (χ3n) is 10.6. The molecule has 3 heterocycles. The highest BCUT2D eigenvalue weighted by Gasteiger charge is 2.24. The van der Waals surface area contributed by atoms with Crippen molar-refractivity contribution in [1.29, 1.82) is 0 Å². The highest BCUT2D eigenvalue weighted by atomic mass is 32.1. The minimum atomic E-state index is 0.636. The van der Waals surface area contributed by atoms with Crippen molar-refractivity contribution in [1.82, 2.24) is 15.0 Å². The molecule has 0 radical (unpaired) electrons. The first-order valence-corrected chi connectivity index (χ1v) is 20.3. The molecule has 11 rings (SSSR count). The van der Waals surface area contributed by atoms with E-state index in [0.717, 1.165) is 50.1 Å². The highest BCUT2D eigenvalue weighted by molar-refractivity contribution is 7.26. The van der Waals surface area contributed by atoms with Gasteiger partial charge in [0, 0.05) is 62.6 Å². The molecule has 8 aromatic carbocycles. The number of hydrogen-bond donors (Lipinski definition) is 0. The van der Waals surface area contributed by atoms with E-state index in [1.54, 1.807) is 22.7 Å². The average Bonchev–Trinajstić information content (AvgIpc) is 3.85. The van der Waals surface area contributed by atoms with E-state index in [1.807, 2.05) is 0 Å². The molecule has 0 spiro atoms. The van der Waals surface area contributed by atoms with Crippen molar-refractivity contribution >= 4 is 63.0 Å². The Balaban J connectivity index is 1.25. The summed E-state index contributed by atoms with van der Waals surface area (Å²) in [5.41, 5.74) is 9.71. The SMILES string of the molecule is c1ccc(-c2ccc(-c3nc(-c4cccc5c4sc4ccccc45)nc(-c4cccc5c4sc4ccccc45)n3)c(-c3ccccc3)c2-c2ccccc2)cc1. The molecular formula is C51H31N3S2. The zero-order valence-electron chi connectivity index (χ0n) is 30.1. The van der Waals surface area contributed by atoms with Crippen molar-refractivity contribution in [3.8, 4) is 67.5 Å². The summed E-state index contributed by atoms with van der Waals surface area (Å²) in [5.74, 6) is 1.96. The second-order valence-electron chi connectivity index (χ2n) is 13.9. The fourth-order valence-electron chi connectivity index (χ4n) is 8.04. The number of nitrogens with zero attached hydrogens (tertiary/aromatic N) is 3. The highest BCUT2D eigenvalue weighted by Crippen LogP contribution is 2.47. The van der Waals surface area contributed by atoms with Crippen molar-refractivity contribution in [3.63, 3.8) is 0 Å². The number of thiophene rings is 2. The van der Waals surface area contributed by atoms with E-state index in [0.29, 0.717) is 17.5 Å². The van der Waals surface area contributed by atoms with Crippen molar-refractivity contribution in [2.24, 2.45) is 0 Å². The second kappa shape index (κ2) is 13.5. The van der Waals surface area contributed by atoms with Crippen molar-refractivity contribution in [3.05, 3.63) is 188 Å². The van der Waals surface area contributed by atoms with Gasteiger partial charge < -0.3 is 0 Å². The Labute approximate surface area is 331 Å². The van der Waals surface area contributed by atoms with Gasteiger partial charge in [-0.1, -0.05) is 158 Å². The summed E-state index contributed by atoms with van der Waals surface area (Å²) in [7, 11) is 0. The van der Waals surface area contributed by atoms with E-state index in [2.05, 4.69) is 188 Å². The summed E-state index contributed by atoms with van der Waals surface area (Å²) >= 11 is 3.59. The number of fused-ring (bicyclic) bond motifs is 6. The maximum Gasteiger partial charge on any atom is 0.165 e. The molecule has 0 fully saturated rings. The summed E-state index contributed by atoms with van der Waals surface area (Å²) < 4.78 is 4.83. The molecule has 3 aromatic heterocycles. The van der Waals surface area contributed by atoms with Crippen LogP contribution in [0.15, 0.2) is 188 Å². The minimum Gasteiger partial charge on any atom is -0.208 e. The standard InChI is InChI=1S/C51H31N3S2/c1-4-16-32(17-5-1)35-30-31-40(46(34-20-8-3-9-21-34)45(35)33-18-6-2-7-19-33)49-52-50(41-26-14-24-38-36-22-10-12-28-43(36)55-47(38)41)54-51(53-49)42-27-15-25-39-37-23-11-13-29-44(37)56-48(39)42/h1-31H. The van der Waals surface area contributed by atoms with Crippen LogP contribution in [-0.2, 0) is 0 Å². The molecular weight excluding hydrogens is 719 g/mol. The Bertz CT molecular complexity index is 3110. The quantitative estimate of drug-likeness (QED) is 0.170. The smallest absolute Gasteiger partial charge is 0.165 e. The molecule has 0 aliphatic carbocycles. The fraction of sp³-hybridized carbons (Fsp3) is 0. The lowest BCUT2D eigenvalue weighted by Crippen LogP contribution is -2.02. The lowest BCUT2D eigenvalue weighted by molar-refractivity contribution is 1.08.